The van der Waals surface area contributed by atoms with Crippen molar-refractivity contribution in [2.75, 3.05) is 13.7 Å². The van der Waals surface area contributed by atoms with Crippen molar-refractivity contribution in [3.05, 3.63) is 0 Å². The Kier molecular flexibility index (Phi) is 2.96. The van der Waals surface area contributed by atoms with Crippen molar-refractivity contribution in [1.29, 1.82) is 0 Å². The van der Waals surface area contributed by atoms with Gasteiger partial charge in [-0.2, -0.15) is 0 Å². The zero-order chi connectivity index (χ0) is 10.2. The van der Waals surface area contributed by atoms with E-state index in [0.717, 1.165) is 12.8 Å². The largest absolute Gasteiger partial charge is 0.390 e. The number of methoxy groups -OCH3 is 1. The molecule has 0 saturated carbocycles. The maximum atomic E-state index is 11.7. The second kappa shape index (κ2) is 3.91. The van der Waals surface area contributed by atoms with Gasteiger partial charge in [-0.15, -0.1) is 0 Å². The van der Waals surface area contributed by atoms with Crippen LogP contribution in [0.4, 0.5) is 0 Å². The third-order valence-corrected chi connectivity index (χ3v) is 5.57. The molecule has 2 heterocycles. The molecule has 14 heavy (non-hydrogen) atoms. The van der Waals surface area contributed by atoms with Gasteiger partial charge in [-0.3, -0.25) is 4.21 Å². The predicted octanol–water partition coefficient (Wildman–Crippen LogP) is 0.827. The van der Waals surface area contributed by atoms with E-state index in [0.29, 0.717) is 25.9 Å². The topological polar surface area (TPSA) is 46.5 Å². The van der Waals surface area contributed by atoms with Crippen LogP contribution in [0.2, 0.25) is 0 Å². The SMILES string of the molecule is COCCC1(O)CC2CCC(C1)S2=O. The molecule has 0 aromatic rings. The summed E-state index contributed by atoms with van der Waals surface area (Å²) >= 11 is 0. The Morgan fingerprint density at radius 3 is 2.50 bits per heavy atom. The van der Waals surface area contributed by atoms with E-state index in [1.165, 1.54) is 0 Å². The monoisotopic (exact) mass is 218 g/mol. The Labute approximate surface area is 87.3 Å². The van der Waals surface area contributed by atoms with E-state index in [9.17, 15) is 9.32 Å². The molecule has 2 aliphatic heterocycles. The highest BCUT2D eigenvalue weighted by molar-refractivity contribution is 7.86. The minimum absolute atomic E-state index is 0.246. The van der Waals surface area contributed by atoms with E-state index in [4.69, 9.17) is 4.74 Å². The lowest BCUT2D eigenvalue weighted by Crippen LogP contribution is -2.43. The van der Waals surface area contributed by atoms with Crippen LogP contribution in [0.3, 0.4) is 0 Å². The summed E-state index contributed by atoms with van der Waals surface area (Å²) in [5, 5.41) is 10.8. The predicted molar refractivity (Wildman–Crippen MR) is 55.6 cm³/mol. The first-order chi connectivity index (χ1) is 6.64. The number of ether oxygens (including phenoxy) is 1. The molecule has 2 bridgehead atoms. The Balaban J connectivity index is 2.00. The zero-order valence-corrected chi connectivity index (χ0v) is 9.39. The van der Waals surface area contributed by atoms with E-state index in [1.807, 2.05) is 0 Å². The lowest BCUT2D eigenvalue weighted by Gasteiger charge is -2.35. The van der Waals surface area contributed by atoms with Crippen molar-refractivity contribution in [2.24, 2.45) is 0 Å². The lowest BCUT2D eigenvalue weighted by atomic mass is 9.90. The molecule has 2 rings (SSSR count). The fourth-order valence-electron chi connectivity index (χ4n) is 2.67. The van der Waals surface area contributed by atoms with Crippen LogP contribution in [-0.4, -0.2) is 39.1 Å². The Hall–Kier alpha value is 0.0700. The van der Waals surface area contributed by atoms with Crippen LogP contribution < -0.4 is 0 Å². The summed E-state index contributed by atoms with van der Waals surface area (Å²) in [5.41, 5.74) is -0.601. The van der Waals surface area contributed by atoms with Gasteiger partial charge in [-0.25, -0.2) is 0 Å². The van der Waals surface area contributed by atoms with Gasteiger partial charge in [-0.1, -0.05) is 0 Å². The van der Waals surface area contributed by atoms with Gasteiger partial charge in [0.1, 0.15) is 0 Å². The van der Waals surface area contributed by atoms with Crippen molar-refractivity contribution < 1.29 is 14.1 Å². The number of hydrogen-bond donors (Lipinski definition) is 1. The molecule has 2 fully saturated rings. The van der Waals surface area contributed by atoms with Gasteiger partial charge in [0.25, 0.3) is 0 Å². The molecular weight excluding hydrogens is 200 g/mol. The van der Waals surface area contributed by atoms with Gasteiger partial charge >= 0.3 is 0 Å². The van der Waals surface area contributed by atoms with Crippen LogP contribution in [0.1, 0.15) is 32.1 Å². The molecule has 0 spiro atoms. The molecule has 0 amide bonds. The first-order valence-corrected chi connectivity index (χ1v) is 6.53. The number of rotatable bonds is 3. The first-order valence-electron chi connectivity index (χ1n) is 5.25. The highest BCUT2D eigenvalue weighted by atomic mass is 32.2. The van der Waals surface area contributed by atoms with Crippen molar-refractivity contribution in [2.45, 2.75) is 48.2 Å². The quantitative estimate of drug-likeness (QED) is 0.763. The molecule has 2 atom stereocenters. The summed E-state index contributed by atoms with van der Waals surface area (Å²) in [4.78, 5) is 0. The van der Waals surface area contributed by atoms with Crippen LogP contribution >= 0.6 is 0 Å². The maximum Gasteiger partial charge on any atom is 0.0692 e. The average Bonchev–Trinajstić information content (AvgIpc) is 2.41. The van der Waals surface area contributed by atoms with Crippen LogP contribution in [-0.2, 0) is 15.5 Å². The van der Waals surface area contributed by atoms with Gasteiger partial charge in [0.2, 0.25) is 0 Å². The summed E-state index contributed by atoms with van der Waals surface area (Å²) in [6, 6.07) is 0. The molecule has 0 aromatic carbocycles. The summed E-state index contributed by atoms with van der Waals surface area (Å²) in [7, 11) is 0.980. The molecule has 2 saturated heterocycles. The molecule has 4 heteroatoms. The van der Waals surface area contributed by atoms with Crippen molar-refractivity contribution in [1.82, 2.24) is 0 Å². The van der Waals surface area contributed by atoms with E-state index < -0.39 is 16.4 Å². The van der Waals surface area contributed by atoms with E-state index in [-0.39, 0.29) is 10.5 Å². The minimum Gasteiger partial charge on any atom is -0.390 e. The molecule has 2 aliphatic rings. The fraction of sp³-hybridized carbons (Fsp3) is 1.00. The van der Waals surface area contributed by atoms with Crippen LogP contribution in [0.5, 0.6) is 0 Å². The molecule has 2 unspecified atom stereocenters. The molecule has 82 valence electrons. The third kappa shape index (κ3) is 1.88. The van der Waals surface area contributed by atoms with Crippen LogP contribution in [0, 0.1) is 0 Å². The summed E-state index contributed by atoms with van der Waals surface area (Å²) in [5.74, 6) is 0. The van der Waals surface area contributed by atoms with E-state index in [1.54, 1.807) is 7.11 Å². The Morgan fingerprint density at radius 1 is 1.43 bits per heavy atom. The summed E-state index contributed by atoms with van der Waals surface area (Å²) in [6.45, 7) is 0.600. The molecule has 0 radical (unpaired) electrons. The van der Waals surface area contributed by atoms with Crippen molar-refractivity contribution in [3.63, 3.8) is 0 Å². The van der Waals surface area contributed by atoms with Crippen LogP contribution in [0.15, 0.2) is 0 Å². The van der Waals surface area contributed by atoms with Gasteiger partial charge < -0.3 is 9.84 Å². The highest BCUT2D eigenvalue weighted by Gasteiger charge is 2.47. The third-order valence-electron chi connectivity index (χ3n) is 3.45. The van der Waals surface area contributed by atoms with E-state index >= 15 is 0 Å². The van der Waals surface area contributed by atoms with Gasteiger partial charge in [0.05, 0.1) is 5.60 Å². The Bertz CT molecular complexity index is 226. The second-order valence-corrected chi connectivity index (χ2v) is 6.52. The highest BCUT2D eigenvalue weighted by Crippen LogP contribution is 2.42. The van der Waals surface area contributed by atoms with E-state index in [2.05, 4.69) is 0 Å². The van der Waals surface area contributed by atoms with Crippen molar-refractivity contribution >= 4 is 10.8 Å². The number of aliphatic hydroxyl groups is 1. The zero-order valence-electron chi connectivity index (χ0n) is 8.57. The second-order valence-electron chi connectivity index (χ2n) is 4.53. The number of fused-ring (bicyclic) bond motifs is 2. The normalized spacial score (nSPS) is 46.9. The molecule has 0 aliphatic carbocycles. The molecular formula is C10H18O3S. The van der Waals surface area contributed by atoms with Gasteiger partial charge in [-0.05, 0) is 32.1 Å². The van der Waals surface area contributed by atoms with Crippen molar-refractivity contribution in [3.8, 4) is 0 Å². The maximum absolute atomic E-state index is 11.7. The summed E-state index contributed by atoms with van der Waals surface area (Å²) < 4.78 is 16.7. The lowest BCUT2D eigenvalue weighted by molar-refractivity contribution is -0.00609. The smallest absolute Gasteiger partial charge is 0.0692 e. The van der Waals surface area contributed by atoms with Gasteiger partial charge in [0.15, 0.2) is 0 Å². The molecule has 0 aromatic heterocycles. The molecule has 1 N–H and O–H groups in total. The Morgan fingerprint density at radius 2 is 2.00 bits per heavy atom. The summed E-state index contributed by atoms with van der Waals surface area (Å²) in [6.07, 6.45) is 4.17. The minimum atomic E-state index is -0.672. The fourth-order valence-corrected chi connectivity index (χ4v) is 4.90. The van der Waals surface area contributed by atoms with Crippen LogP contribution in [0.25, 0.3) is 0 Å². The first kappa shape index (κ1) is 10.6. The standard InChI is InChI=1S/C10H18O3S/c1-13-5-4-10(11)6-8-2-3-9(7-10)14(8)12/h8-9,11H,2-7H2,1H3. The average molecular weight is 218 g/mol. The van der Waals surface area contributed by atoms with Gasteiger partial charge in [0, 0.05) is 35.0 Å². The molecule has 3 nitrogen and oxygen atoms in total. The number of hydrogen-bond acceptors (Lipinski definition) is 3.